The maximum Gasteiger partial charge on any atom is 0.107 e. The summed E-state index contributed by atoms with van der Waals surface area (Å²) >= 11 is 3.31. The smallest absolute Gasteiger partial charge is 0.107 e. The molecule has 1 fully saturated rings. The fourth-order valence-corrected chi connectivity index (χ4v) is 1.54. The number of aliphatic hydroxyl groups excluding tert-OH is 1. The minimum absolute atomic E-state index is 0.0584. The van der Waals surface area contributed by atoms with Crippen molar-refractivity contribution in [2.24, 2.45) is 16.6 Å². The Morgan fingerprint density at radius 3 is 2.62 bits per heavy atom. The fourth-order valence-electron chi connectivity index (χ4n) is 0.958. The second-order valence-corrected chi connectivity index (χ2v) is 4.15. The molecule has 0 spiro atoms. The summed E-state index contributed by atoms with van der Waals surface area (Å²) in [5.74, 6) is 0.755. The molecular weight excluding hydrogens is 232 g/mol. The molecule has 3 N–H and O–H groups in total. The molecule has 0 heterocycles. The number of hydrogen-bond acceptors (Lipinski definition) is 3. The van der Waals surface area contributed by atoms with E-state index >= 15 is 0 Å². The molecular formula is C9H15BrN2O. The van der Waals surface area contributed by atoms with Gasteiger partial charge in [-0.2, -0.15) is 0 Å². The summed E-state index contributed by atoms with van der Waals surface area (Å²) in [6.07, 6.45) is 2.56. The number of nitrogens with two attached hydrogens (primary N) is 1. The molecule has 0 unspecified atom stereocenters. The van der Waals surface area contributed by atoms with Gasteiger partial charge in [-0.15, -0.1) is 0 Å². The van der Waals surface area contributed by atoms with Gasteiger partial charge >= 0.3 is 0 Å². The van der Waals surface area contributed by atoms with Crippen LogP contribution in [0.1, 0.15) is 19.8 Å². The number of rotatable bonds is 4. The van der Waals surface area contributed by atoms with Gasteiger partial charge in [0.2, 0.25) is 0 Å². The van der Waals surface area contributed by atoms with Crippen molar-refractivity contribution in [1.29, 1.82) is 0 Å². The van der Waals surface area contributed by atoms with Crippen LogP contribution in [0.15, 0.2) is 16.3 Å². The van der Waals surface area contributed by atoms with Gasteiger partial charge in [0.15, 0.2) is 0 Å². The molecule has 0 saturated heterocycles. The van der Waals surface area contributed by atoms with Crippen LogP contribution in [0.4, 0.5) is 0 Å². The molecule has 1 aliphatic carbocycles. The van der Waals surface area contributed by atoms with Crippen molar-refractivity contribution >= 4 is 20.6 Å². The minimum atomic E-state index is -0.0584. The predicted molar refractivity (Wildman–Crippen MR) is 57.9 cm³/mol. The molecule has 1 aliphatic rings. The first-order valence-electron chi connectivity index (χ1n) is 4.41. The Hall–Kier alpha value is -0.350. The first kappa shape index (κ1) is 10.7. The Labute approximate surface area is 86.9 Å². The maximum atomic E-state index is 9.00. The van der Waals surface area contributed by atoms with Crippen LogP contribution < -0.4 is 5.73 Å². The Morgan fingerprint density at radius 1 is 1.62 bits per heavy atom. The van der Waals surface area contributed by atoms with Crippen LogP contribution in [0, 0.1) is 5.92 Å². The number of aliphatic imine (C=N–C) groups is 1. The molecule has 0 atom stereocenters. The van der Waals surface area contributed by atoms with Crippen LogP contribution >= 0.6 is 15.9 Å². The van der Waals surface area contributed by atoms with Crippen LogP contribution in [0.5, 0.6) is 0 Å². The molecule has 3 nitrogen and oxygen atoms in total. The molecule has 0 radical (unpaired) electrons. The molecule has 0 aromatic rings. The zero-order valence-electron chi connectivity index (χ0n) is 7.76. The molecule has 4 heteroatoms. The monoisotopic (exact) mass is 246 g/mol. The standard InChI is InChI=1S/C9H15BrN2O/c1-6(11)8(5-13)9(10)12-4-7-2-3-7/h7,13H,2-5,11H2,1H3. The van der Waals surface area contributed by atoms with Crippen LogP contribution in [0.2, 0.25) is 0 Å². The van der Waals surface area contributed by atoms with E-state index in [1.54, 1.807) is 6.92 Å². The van der Waals surface area contributed by atoms with Gasteiger partial charge in [-0.1, -0.05) is 0 Å². The summed E-state index contributed by atoms with van der Waals surface area (Å²) in [6.45, 7) is 2.55. The van der Waals surface area contributed by atoms with Crippen molar-refractivity contribution in [1.82, 2.24) is 0 Å². The lowest BCUT2D eigenvalue weighted by Gasteiger charge is -2.04. The van der Waals surface area contributed by atoms with Crippen LogP contribution in [-0.4, -0.2) is 22.9 Å². The lowest BCUT2D eigenvalue weighted by atomic mass is 10.2. The lowest BCUT2D eigenvalue weighted by Crippen LogP contribution is -2.08. The molecule has 74 valence electrons. The Balaban J connectivity index is 2.56. The number of allylic oxidation sites excluding steroid dienone is 1. The highest BCUT2D eigenvalue weighted by molar-refractivity contribution is 9.18. The predicted octanol–water partition coefficient (Wildman–Crippen LogP) is 1.41. The number of nitrogens with zero attached hydrogens (tertiary/aromatic N) is 1. The summed E-state index contributed by atoms with van der Waals surface area (Å²) in [7, 11) is 0. The number of aliphatic hydroxyl groups is 1. The molecule has 0 bridgehead atoms. The highest BCUT2D eigenvalue weighted by Crippen LogP contribution is 2.29. The third-order valence-electron chi connectivity index (χ3n) is 2.07. The van der Waals surface area contributed by atoms with E-state index in [1.807, 2.05) is 0 Å². The summed E-state index contributed by atoms with van der Waals surface area (Å²) in [6, 6.07) is 0. The lowest BCUT2D eigenvalue weighted by molar-refractivity contribution is 0.336. The van der Waals surface area contributed by atoms with E-state index in [9.17, 15) is 0 Å². The van der Waals surface area contributed by atoms with E-state index in [-0.39, 0.29) is 6.61 Å². The second kappa shape index (κ2) is 4.77. The third kappa shape index (κ3) is 3.48. The van der Waals surface area contributed by atoms with Gasteiger partial charge in [-0.25, -0.2) is 0 Å². The van der Waals surface area contributed by atoms with Gasteiger partial charge in [0, 0.05) is 17.8 Å². The summed E-state index contributed by atoms with van der Waals surface area (Å²) in [5.41, 5.74) is 6.89. The van der Waals surface area contributed by atoms with Gasteiger partial charge in [-0.05, 0) is 41.6 Å². The fraction of sp³-hybridized carbons (Fsp3) is 0.667. The zero-order chi connectivity index (χ0) is 9.84. The average molecular weight is 247 g/mol. The summed E-state index contributed by atoms with van der Waals surface area (Å²) in [5, 5.41) is 9.00. The van der Waals surface area contributed by atoms with E-state index < -0.39 is 0 Å². The second-order valence-electron chi connectivity index (χ2n) is 3.39. The highest BCUT2D eigenvalue weighted by atomic mass is 79.9. The van der Waals surface area contributed by atoms with Gasteiger partial charge in [0.1, 0.15) is 4.62 Å². The molecule has 1 saturated carbocycles. The number of halogens is 1. The van der Waals surface area contributed by atoms with E-state index in [1.165, 1.54) is 12.8 Å². The van der Waals surface area contributed by atoms with E-state index in [0.29, 0.717) is 15.9 Å². The van der Waals surface area contributed by atoms with Crippen molar-refractivity contribution in [3.63, 3.8) is 0 Å². The van der Waals surface area contributed by atoms with Gasteiger partial charge < -0.3 is 10.8 Å². The third-order valence-corrected chi connectivity index (χ3v) is 2.80. The SMILES string of the molecule is CC(N)=C(CO)C(Br)=NCC1CC1. The van der Waals surface area contributed by atoms with Crippen molar-refractivity contribution in [2.45, 2.75) is 19.8 Å². The Morgan fingerprint density at radius 2 is 2.23 bits per heavy atom. The van der Waals surface area contributed by atoms with Crippen molar-refractivity contribution in [3.05, 3.63) is 11.3 Å². The maximum absolute atomic E-state index is 9.00. The van der Waals surface area contributed by atoms with Crippen molar-refractivity contribution in [3.8, 4) is 0 Å². The molecule has 13 heavy (non-hydrogen) atoms. The topological polar surface area (TPSA) is 58.6 Å². The van der Waals surface area contributed by atoms with E-state index in [2.05, 4.69) is 20.9 Å². The minimum Gasteiger partial charge on any atom is -0.402 e. The molecule has 0 aromatic heterocycles. The van der Waals surface area contributed by atoms with E-state index in [4.69, 9.17) is 10.8 Å². The van der Waals surface area contributed by atoms with Crippen molar-refractivity contribution < 1.29 is 5.11 Å². The normalized spacial score (nSPS) is 20.1. The van der Waals surface area contributed by atoms with Gasteiger partial charge in [0.05, 0.1) is 6.61 Å². The molecule has 0 aromatic carbocycles. The van der Waals surface area contributed by atoms with Crippen LogP contribution in [-0.2, 0) is 0 Å². The summed E-state index contributed by atoms with van der Waals surface area (Å²) in [4.78, 5) is 4.31. The summed E-state index contributed by atoms with van der Waals surface area (Å²) < 4.78 is 0.696. The molecule has 1 rings (SSSR count). The van der Waals surface area contributed by atoms with Gasteiger partial charge in [-0.3, -0.25) is 4.99 Å². The quantitative estimate of drug-likeness (QED) is 0.738. The first-order chi connectivity index (χ1) is 6.15. The largest absolute Gasteiger partial charge is 0.402 e. The van der Waals surface area contributed by atoms with Crippen LogP contribution in [0.3, 0.4) is 0 Å². The van der Waals surface area contributed by atoms with E-state index in [0.717, 1.165) is 12.5 Å². The van der Waals surface area contributed by atoms with Crippen molar-refractivity contribution in [2.75, 3.05) is 13.2 Å². The molecule has 0 amide bonds. The Bertz CT molecular complexity index is 240. The van der Waals surface area contributed by atoms with Crippen LogP contribution in [0.25, 0.3) is 0 Å². The molecule has 0 aliphatic heterocycles. The Kier molecular flexibility index (Phi) is 3.93. The highest BCUT2D eigenvalue weighted by Gasteiger charge is 2.20. The average Bonchev–Trinajstić information content (AvgIpc) is 2.84. The zero-order valence-corrected chi connectivity index (χ0v) is 9.34. The first-order valence-corrected chi connectivity index (χ1v) is 5.21. The van der Waals surface area contributed by atoms with Gasteiger partial charge in [0.25, 0.3) is 0 Å². The number of hydrogen-bond donors (Lipinski definition) is 2.